The average molecular weight is 443 g/mol. The highest BCUT2D eigenvalue weighted by molar-refractivity contribution is 8.18. The molecular weight excluding hydrogens is 420 g/mol. The van der Waals surface area contributed by atoms with Crippen LogP contribution in [0.15, 0.2) is 41.3 Å². The summed E-state index contributed by atoms with van der Waals surface area (Å²) >= 11 is 2.46. The van der Waals surface area contributed by atoms with E-state index in [1.165, 1.54) is 0 Å². The van der Waals surface area contributed by atoms with Gasteiger partial charge in [0.1, 0.15) is 0 Å². The Morgan fingerprint density at radius 1 is 1.10 bits per heavy atom. The number of thiophene rings is 1. The normalized spacial score (nSPS) is 15.1. The molecule has 1 aliphatic rings. The van der Waals surface area contributed by atoms with Crippen molar-refractivity contribution in [3.05, 3.63) is 62.2 Å². The maximum Gasteiger partial charge on any atom is 0.293 e. The van der Waals surface area contributed by atoms with Crippen molar-refractivity contribution < 1.29 is 19.2 Å². The number of carbonyl (C=O) groups is 4. The largest absolute Gasteiger partial charge is 0.354 e. The Hall–Kier alpha value is -2.71. The van der Waals surface area contributed by atoms with Crippen molar-refractivity contribution in [2.75, 3.05) is 13.1 Å². The van der Waals surface area contributed by atoms with Crippen LogP contribution in [0.2, 0.25) is 0 Å². The molecule has 1 aromatic carbocycles. The number of hydrogen-bond acceptors (Lipinski definition) is 6. The third kappa shape index (κ3) is 5.46. The topological polar surface area (TPSA) is 83.6 Å². The van der Waals surface area contributed by atoms with Gasteiger partial charge >= 0.3 is 0 Å². The second kappa shape index (κ2) is 9.86. The Labute approximate surface area is 183 Å². The van der Waals surface area contributed by atoms with Crippen molar-refractivity contribution in [2.24, 2.45) is 0 Å². The highest BCUT2D eigenvalue weighted by atomic mass is 32.2. The zero-order chi connectivity index (χ0) is 21.7. The van der Waals surface area contributed by atoms with E-state index in [1.54, 1.807) is 17.4 Å². The average Bonchev–Trinajstić information content (AvgIpc) is 3.19. The molecule has 0 aliphatic carbocycles. The van der Waals surface area contributed by atoms with Gasteiger partial charge in [0, 0.05) is 41.2 Å². The Bertz CT molecular complexity index is 1010. The number of rotatable bonds is 8. The van der Waals surface area contributed by atoms with Crippen LogP contribution in [0.4, 0.5) is 4.79 Å². The van der Waals surface area contributed by atoms with E-state index in [0.717, 1.165) is 32.0 Å². The lowest BCUT2D eigenvalue weighted by Crippen LogP contribution is -2.37. The van der Waals surface area contributed by atoms with E-state index in [1.807, 2.05) is 50.2 Å². The van der Waals surface area contributed by atoms with E-state index in [9.17, 15) is 19.2 Å². The summed E-state index contributed by atoms with van der Waals surface area (Å²) in [6.07, 6.45) is 1.89. The molecular formula is C22H22N2O4S2. The Morgan fingerprint density at radius 2 is 1.83 bits per heavy atom. The molecule has 0 bridgehead atoms. The number of thioether (sulfide) groups is 1. The number of nitrogens with zero attached hydrogens (tertiary/aromatic N) is 1. The fourth-order valence-electron chi connectivity index (χ4n) is 3.06. The van der Waals surface area contributed by atoms with Gasteiger partial charge in [-0.05, 0) is 43.3 Å². The van der Waals surface area contributed by atoms with E-state index in [-0.39, 0.29) is 48.8 Å². The first kappa shape index (κ1) is 22.0. The number of hydrogen-bond donors (Lipinski definition) is 1. The molecule has 0 spiro atoms. The van der Waals surface area contributed by atoms with Gasteiger partial charge in [-0.1, -0.05) is 30.3 Å². The predicted octanol–water partition coefficient (Wildman–Crippen LogP) is 4.18. The summed E-state index contributed by atoms with van der Waals surface area (Å²) in [5.41, 5.74) is 1.52. The number of imide groups is 1. The summed E-state index contributed by atoms with van der Waals surface area (Å²) in [5, 5.41) is 2.33. The second-order valence-electron chi connectivity index (χ2n) is 6.84. The zero-order valence-corrected chi connectivity index (χ0v) is 18.4. The number of benzene rings is 1. The summed E-state index contributed by atoms with van der Waals surface area (Å²) in [6, 6.07) is 11.2. The first-order valence-corrected chi connectivity index (χ1v) is 11.2. The highest BCUT2D eigenvalue weighted by Crippen LogP contribution is 2.31. The zero-order valence-electron chi connectivity index (χ0n) is 16.8. The minimum absolute atomic E-state index is 0.0519. The van der Waals surface area contributed by atoms with Crippen molar-refractivity contribution in [3.63, 3.8) is 0 Å². The van der Waals surface area contributed by atoms with Gasteiger partial charge in [-0.3, -0.25) is 24.1 Å². The number of carbonyl (C=O) groups excluding carboxylic acids is 4. The van der Waals surface area contributed by atoms with Crippen LogP contribution in [0.25, 0.3) is 6.08 Å². The fraction of sp³-hybridized carbons (Fsp3) is 0.273. The number of ketones is 1. The van der Waals surface area contributed by atoms with Crippen LogP contribution in [-0.2, 0) is 9.59 Å². The van der Waals surface area contributed by atoms with Crippen LogP contribution in [0.3, 0.4) is 0 Å². The van der Waals surface area contributed by atoms with Gasteiger partial charge in [-0.15, -0.1) is 11.3 Å². The molecule has 3 amide bonds. The molecule has 6 nitrogen and oxygen atoms in total. The summed E-state index contributed by atoms with van der Waals surface area (Å²) < 4.78 is 0. The molecule has 1 N–H and O–H groups in total. The van der Waals surface area contributed by atoms with Gasteiger partial charge in [-0.2, -0.15) is 0 Å². The van der Waals surface area contributed by atoms with Gasteiger partial charge < -0.3 is 5.32 Å². The molecule has 0 saturated carbocycles. The first-order chi connectivity index (χ1) is 14.3. The lowest BCUT2D eigenvalue weighted by Gasteiger charge is -2.12. The standard InChI is InChI=1S/C22H22N2O4S2/c1-14-12-17(15(2)29-14)18(25)8-9-20(26)23-10-11-24-21(27)19(30-22(24)28)13-16-6-4-3-5-7-16/h3-7,12-13H,8-11H2,1-2H3,(H,23,26)/b19-13-. The SMILES string of the molecule is Cc1cc(C(=O)CCC(=O)NCCN2C(=O)S/C(=C\c3ccccc3)C2=O)c(C)s1. The Balaban J connectivity index is 1.45. The second-order valence-corrected chi connectivity index (χ2v) is 9.30. The highest BCUT2D eigenvalue weighted by Gasteiger charge is 2.34. The van der Waals surface area contributed by atoms with Crippen molar-refractivity contribution in [1.82, 2.24) is 10.2 Å². The summed E-state index contributed by atoms with van der Waals surface area (Å²) in [5.74, 6) is -0.690. The predicted molar refractivity (Wildman–Crippen MR) is 119 cm³/mol. The minimum atomic E-state index is -0.360. The van der Waals surface area contributed by atoms with E-state index in [4.69, 9.17) is 0 Å². The molecule has 2 heterocycles. The maximum atomic E-state index is 12.5. The van der Waals surface area contributed by atoms with E-state index < -0.39 is 0 Å². The third-order valence-electron chi connectivity index (χ3n) is 4.55. The summed E-state index contributed by atoms with van der Waals surface area (Å²) in [6.45, 7) is 4.09. The number of amides is 3. The number of aryl methyl sites for hydroxylation is 2. The maximum absolute atomic E-state index is 12.5. The van der Waals surface area contributed by atoms with Crippen LogP contribution < -0.4 is 5.32 Å². The van der Waals surface area contributed by atoms with Crippen LogP contribution in [0.5, 0.6) is 0 Å². The Kier molecular flexibility index (Phi) is 7.23. The molecule has 1 aliphatic heterocycles. The van der Waals surface area contributed by atoms with Crippen molar-refractivity contribution in [2.45, 2.75) is 26.7 Å². The fourth-order valence-corrected chi connectivity index (χ4v) is 4.87. The summed E-state index contributed by atoms with van der Waals surface area (Å²) in [7, 11) is 0. The van der Waals surface area contributed by atoms with Crippen LogP contribution >= 0.6 is 23.1 Å². The first-order valence-electron chi connectivity index (χ1n) is 9.52. The summed E-state index contributed by atoms with van der Waals surface area (Å²) in [4.78, 5) is 52.4. The quantitative estimate of drug-likeness (QED) is 0.490. The molecule has 8 heteroatoms. The third-order valence-corrected chi connectivity index (χ3v) is 6.42. The molecule has 156 valence electrons. The monoisotopic (exact) mass is 442 g/mol. The number of nitrogens with one attached hydrogen (secondary N) is 1. The van der Waals surface area contributed by atoms with Crippen LogP contribution in [0.1, 0.15) is 38.5 Å². The van der Waals surface area contributed by atoms with E-state index in [0.29, 0.717) is 10.5 Å². The van der Waals surface area contributed by atoms with Gasteiger partial charge in [-0.25, -0.2) is 0 Å². The molecule has 2 aromatic rings. The van der Waals surface area contributed by atoms with E-state index >= 15 is 0 Å². The number of Topliss-reactive ketones (excluding diaryl/α,β-unsaturated/α-hetero) is 1. The lowest BCUT2D eigenvalue weighted by atomic mass is 10.1. The van der Waals surface area contributed by atoms with Crippen molar-refractivity contribution >= 4 is 52.0 Å². The molecule has 0 radical (unpaired) electrons. The van der Waals surface area contributed by atoms with Crippen molar-refractivity contribution in [1.29, 1.82) is 0 Å². The lowest BCUT2D eigenvalue weighted by molar-refractivity contribution is -0.124. The van der Waals surface area contributed by atoms with Gasteiger partial charge in [0.2, 0.25) is 5.91 Å². The van der Waals surface area contributed by atoms with Crippen molar-refractivity contribution in [3.8, 4) is 0 Å². The van der Waals surface area contributed by atoms with Crippen LogP contribution in [0, 0.1) is 13.8 Å². The molecule has 0 unspecified atom stereocenters. The smallest absolute Gasteiger partial charge is 0.293 e. The van der Waals surface area contributed by atoms with Crippen LogP contribution in [-0.4, -0.2) is 40.8 Å². The van der Waals surface area contributed by atoms with Gasteiger partial charge in [0.15, 0.2) is 5.78 Å². The molecule has 1 aromatic heterocycles. The van der Waals surface area contributed by atoms with Gasteiger partial charge in [0.05, 0.1) is 4.91 Å². The molecule has 0 atom stereocenters. The van der Waals surface area contributed by atoms with E-state index in [2.05, 4.69) is 5.32 Å². The molecule has 3 rings (SSSR count). The minimum Gasteiger partial charge on any atom is -0.354 e. The van der Waals surface area contributed by atoms with Gasteiger partial charge in [0.25, 0.3) is 11.1 Å². The molecule has 1 saturated heterocycles. The Morgan fingerprint density at radius 3 is 2.50 bits per heavy atom. The molecule has 1 fully saturated rings. The molecule has 30 heavy (non-hydrogen) atoms.